The van der Waals surface area contributed by atoms with Crippen LogP contribution in [0.2, 0.25) is 0 Å². The van der Waals surface area contributed by atoms with Crippen LogP contribution in [0, 0.1) is 0 Å². The first-order valence-electron chi connectivity index (χ1n) is 8.90. The van der Waals surface area contributed by atoms with Gasteiger partial charge in [0.2, 0.25) is 11.9 Å². The Morgan fingerprint density at radius 2 is 2.14 bits per heavy atom. The number of aromatic hydroxyl groups is 1. The molecule has 1 aromatic heterocycles. The highest BCUT2D eigenvalue weighted by atomic mass is 16.5. The molecule has 28 heavy (non-hydrogen) atoms. The Kier molecular flexibility index (Phi) is 4.84. The summed E-state index contributed by atoms with van der Waals surface area (Å²) in [6.07, 6.45) is 5.64. The molecule has 1 aliphatic carbocycles. The smallest absolute Gasteiger partial charge is 0.245 e. The number of phenolic OH excluding ortho intramolecular Hbond substituents is 1. The van der Waals surface area contributed by atoms with Crippen LogP contribution in [-0.2, 0) is 9.53 Å². The normalized spacial score (nSPS) is 19.3. The van der Waals surface area contributed by atoms with Crippen LogP contribution in [-0.4, -0.2) is 63.1 Å². The summed E-state index contributed by atoms with van der Waals surface area (Å²) in [6, 6.07) is 6.12. The highest BCUT2D eigenvalue weighted by Crippen LogP contribution is 2.23. The minimum atomic E-state index is -0.415. The zero-order valence-electron chi connectivity index (χ0n) is 15.1. The molecule has 1 unspecified atom stereocenters. The molecule has 0 saturated carbocycles. The third kappa shape index (κ3) is 3.62. The first-order valence-corrected chi connectivity index (χ1v) is 8.90. The standard InChI is InChI=1S/C19H20N6O3/c20-18-22-19(23-25(18)15-2-1-3-16(27)11-15)21-17-5-4-14(10-13(17)12-26)24-6-8-28-9-7-24/h1-5,10-11,17,27H,6-9H2,(H3,20,21,22,23). The molecule has 0 amide bonds. The van der Waals surface area contributed by atoms with Crippen molar-refractivity contribution >= 4 is 17.8 Å². The maximum Gasteiger partial charge on any atom is 0.245 e. The number of aromatic nitrogens is 3. The largest absolute Gasteiger partial charge is 0.508 e. The van der Waals surface area contributed by atoms with Crippen molar-refractivity contribution in [2.75, 3.05) is 37.4 Å². The molecule has 1 aliphatic heterocycles. The Hall–Kier alpha value is -3.55. The van der Waals surface area contributed by atoms with E-state index >= 15 is 0 Å². The number of nitrogens with zero attached hydrogens (tertiary/aromatic N) is 4. The van der Waals surface area contributed by atoms with Crippen LogP contribution in [0.15, 0.2) is 53.8 Å². The number of carbonyl (C=O) groups excluding carboxylic acids is 1. The highest BCUT2D eigenvalue weighted by molar-refractivity contribution is 5.65. The van der Waals surface area contributed by atoms with E-state index in [1.165, 1.54) is 10.7 Å². The number of ether oxygens (including phenoxy) is 1. The van der Waals surface area contributed by atoms with Crippen molar-refractivity contribution in [1.29, 1.82) is 0 Å². The average Bonchev–Trinajstić information content (AvgIpc) is 3.09. The van der Waals surface area contributed by atoms with E-state index in [-0.39, 0.29) is 17.6 Å². The predicted octanol–water partition coefficient (Wildman–Crippen LogP) is 0.879. The van der Waals surface area contributed by atoms with Gasteiger partial charge in [-0.2, -0.15) is 9.67 Å². The van der Waals surface area contributed by atoms with Gasteiger partial charge in [-0.1, -0.05) is 12.1 Å². The van der Waals surface area contributed by atoms with E-state index in [9.17, 15) is 9.90 Å². The molecule has 0 spiro atoms. The van der Waals surface area contributed by atoms with E-state index in [1.807, 2.05) is 24.2 Å². The average molecular weight is 380 g/mol. The van der Waals surface area contributed by atoms with Crippen LogP contribution in [0.5, 0.6) is 5.75 Å². The maximum absolute atomic E-state index is 11.5. The number of nitrogen functional groups attached to an aromatic ring is 1. The van der Waals surface area contributed by atoms with Crippen LogP contribution >= 0.6 is 0 Å². The molecule has 9 heteroatoms. The summed E-state index contributed by atoms with van der Waals surface area (Å²) in [5, 5.41) is 17.1. The van der Waals surface area contributed by atoms with E-state index in [0.29, 0.717) is 24.5 Å². The third-order valence-electron chi connectivity index (χ3n) is 4.58. The molecular weight excluding hydrogens is 360 g/mol. The molecule has 1 fully saturated rings. The van der Waals surface area contributed by atoms with Crippen LogP contribution in [0.3, 0.4) is 0 Å². The van der Waals surface area contributed by atoms with E-state index in [1.54, 1.807) is 18.2 Å². The molecule has 2 heterocycles. The molecule has 2 aromatic rings. The lowest BCUT2D eigenvalue weighted by Gasteiger charge is -2.31. The van der Waals surface area contributed by atoms with Crippen molar-refractivity contribution in [3.05, 3.63) is 53.8 Å². The molecule has 0 bridgehead atoms. The van der Waals surface area contributed by atoms with Crippen molar-refractivity contribution in [3.63, 3.8) is 0 Å². The lowest BCUT2D eigenvalue weighted by molar-refractivity contribution is 0.0553. The van der Waals surface area contributed by atoms with Gasteiger partial charge in [-0.15, -0.1) is 5.10 Å². The number of phenols is 1. The molecule has 4 rings (SSSR count). The molecule has 0 radical (unpaired) electrons. The number of hydrogen-bond donors (Lipinski definition) is 3. The van der Waals surface area contributed by atoms with Gasteiger partial charge < -0.3 is 25.8 Å². The number of anilines is 2. The number of nitrogens with one attached hydrogen (secondary N) is 1. The Labute approximate surface area is 161 Å². The summed E-state index contributed by atoms with van der Waals surface area (Å²) in [5.41, 5.74) is 7.94. The summed E-state index contributed by atoms with van der Waals surface area (Å²) in [6.45, 7) is 2.91. The first-order chi connectivity index (χ1) is 13.6. The maximum atomic E-state index is 11.5. The van der Waals surface area contributed by atoms with E-state index in [4.69, 9.17) is 10.5 Å². The summed E-state index contributed by atoms with van der Waals surface area (Å²) in [7, 11) is 0. The molecule has 144 valence electrons. The van der Waals surface area contributed by atoms with Crippen LogP contribution < -0.4 is 11.1 Å². The fourth-order valence-corrected chi connectivity index (χ4v) is 3.17. The van der Waals surface area contributed by atoms with Gasteiger partial charge in [0.1, 0.15) is 11.7 Å². The Morgan fingerprint density at radius 1 is 1.32 bits per heavy atom. The molecule has 9 nitrogen and oxygen atoms in total. The SMILES string of the molecule is Nc1nc(NC2C=CC(N3CCOCC3)=CC2=C=O)nn1-c1cccc(O)c1. The number of nitrogens with two attached hydrogens (primary N) is 1. The van der Waals surface area contributed by atoms with Gasteiger partial charge in [-0.05, 0) is 24.3 Å². The van der Waals surface area contributed by atoms with E-state index < -0.39 is 6.04 Å². The van der Waals surface area contributed by atoms with Crippen molar-refractivity contribution in [2.24, 2.45) is 0 Å². The van der Waals surface area contributed by atoms with Crippen LogP contribution in [0.25, 0.3) is 5.69 Å². The second kappa shape index (κ2) is 7.59. The molecular formula is C19H20N6O3. The van der Waals surface area contributed by atoms with Crippen LogP contribution in [0.4, 0.5) is 11.9 Å². The summed E-state index contributed by atoms with van der Waals surface area (Å²) in [4.78, 5) is 17.9. The minimum absolute atomic E-state index is 0.101. The second-order valence-corrected chi connectivity index (χ2v) is 6.43. The summed E-state index contributed by atoms with van der Waals surface area (Å²) in [5.74, 6) is 2.53. The monoisotopic (exact) mass is 380 g/mol. The number of morpholine rings is 1. The van der Waals surface area contributed by atoms with Gasteiger partial charge in [-0.25, -0.2) is 4.79 Å². The van der Waals surface area contributed by atoms with Gasteiger partial charge in [0.05, 0.1) is 30.5 Å². The Morgan fingerprint density at radius 3 is 2.89 bits per heavy atom. The summed E-state index contributed by atoms with van der Waals surface area (Å²) >= 11 is 0. The molecule has 2 aliphatic rings. The minimum Gasteiger partial charge on any atom is -0.508 e. The van der Waals surface area contributed by atoms with Crippen molar-refractivity contribution in [1.82, 2.24) is 19.7 Å². The van der Waals surface area contributed by atoms with Gasteiger partial charge >= 0.3 is 0 Å². The molecule has 1 saturated heterocycles. The van der Waals surface area contributed by atoms with Gasteiger partial charge in [0.15, 0.2) is 0 Å². The number of benzene rings is 1. The first kappa shape index (κ1) is 17.8. The third-order valence-corrected chi connectivity index (χ3v) is 4.58. The number of rotatable bonds is 4. The molecule has 1 atom stereocenters. The fraction of sp³-hybridized carbons (Fsp3) is 0.263. The second-order valence-electron chi connectivity index (χ2n) is 6.43. The summed E-state index contributed by atoms with van der Waals surface area (Å²) < 4.78 is 6.78. The van der Waals surface area contributed by atoms with Gasteiger partial charge in [0, 0.05) is 24.9 Å². The predicted molar refractivity (Wildman–Crippen MR) is 104 cm³/mol. The zero-order valence-corrected chi connectivity index (χ0v) is 15.1. The molecule has 1 aromatic carbocycles. The van der Waals surface area contributed by atoms with E-state index in [2.05, 4.69) is 20.3 Å². The van der Waals surface area contributed by atoms with Crippen LogP contribution in [0.1, 0.15) is 0 Å². The van der Waals surface area contributed by atoms with Crippen molar-refractivity contribution in [2.45, 2.75) is 6.04 Å². The van der Waals surface area contributed by atoms with Crippen molar-refractivity contribution in [3.8, 4) is 11.4 Å². The quantitative estimate of drug-likeness (QED) is 0.669. The topological polar surface area (TPSA) is 119 Å². The zero-order chi connectivity index (χ0) is 19.5. The highest BCUT2D eigenvalue weighted by Gasteiger charge is 2.21. The Bertz CT molecular complexity index is 983. The van der Waals surface area contributed by atoms with Gasteiger partial charge in [0.25, 0.3) is 0 Å². The number of hydrogen-bond acceptors (Lipinski definition) is 8. The lowest BCUT2D eigenvalue weighted by Crippen LogP contribution is -2.36. The molecule has 4 N–H and O–H groups in total. The Balaban J connectivity index is 1.52. The lowest BCUT2D eigenvalue weighted by atomic mass is 10.0. The van der Waals surface area contributed by atoms with Gasteiger partial charge in [-0.3, -0.25) is 0 Å². The number of allylic oxidation sites excluding steroid dienone is 1. The fourth-order valence-electron chi connectivity index (χ4n) is 3.17. The van der Waals surface area contributed by atoms with Crippen molar-refractivity contribution < 1.29 is 14.6 Å². The van der Waals surface area contributed by atoms with E-state index in [0.717, 1.165) is 18.8 Å².